The summed E-state index contributed by atoms with van der Waals surface area (Å²) in [5.41, 5.74) is 10.2. The third kappa shape index (κ3) is 4.36. The number of rotatable bonds is 4. The number of imidazole rings is 1. The number of nitrogen functional groups attached to an aromatic ring is 1. The molecule has 0 aliphatic carbocycles. The van der Waals surface area contributed by atoms with E-state index in [4.69, 9.17) is 10.8 Å². The number of anilines is 3. The summed E-state index contributed by atoms with van der Waals surface area (Å²) in [6.45, 7) is 8.13. The third-order valence-electron chi connectivity index (χ3n) is 5.74. The number of fused-ring (bicyclic) bond motifs is 1. The Morgan fingerprint density at radius 3 is 2.36 bits per heavy atom. The average Bonchev–Trinajstić information content (AvgIpc) is 3.42. The van der Waals surface area contributed by atoms with Gasteiger partial charge >= 0.3 is 6.03 Å². The number of para-hydroxylation sites is 1. The number of hydrogen-bond donors (Lipinski definition) is 3. The maximum Gasteiger partial charge on any atom is 0.324 e. The third-order valence-corrected chi connectivity index (χ3v) is 5.74. The molecule has 0 radical (unpaired) electrons. The van der Waals surface area contributed by atoms with E-state index in [2.05, 4.69) is 46.4 Å². The van der Waals surface area contributed by atoms with Crippen molar-refractivity contribution in [1.82, 2.24) is 29.3 Å². The first-order valence-corrected chi connectivity index (χ1v) is 11.5. The van der Waals surface area contributed by atoms with Crippen molar-refractivity contribution >= 4 is 34.5 Å². The molecule has 36 heavy (non-hydrogen) atoms. The van der Waals surface area contributed by atoms with E-state index in [0.717, 1.165) is 22.9 Å². The Bertz CT molecular complexity index is 1540. The highest BCUT2D eigenvalue weighted by atomic mass is 16.2. The van der Waals surface area contributed by atoms with Crippen LogP contribution in [0, 0.1) is 6.92 Å². The summed E-state index contributed by atoms with van der Waals surface area (Å²) in [6.07, 6.45) is 1.42. The van der Waals surface area contributed by atoms with Gasteiger partial charge in [-0.2, -0.15) is 5.10 Å². The number of aromatic nitrogens is 6. The van der Waals surface area contributed by atoms with E-state index in [1.54, 1.807) is 4.68 Å². The van der Waals surface area contributed by atoms with Gasteiger partial charge in [0, 0.05) is 22.9 Å². The molecule has 0 unspecified atom stereocenters. The molecule has 10 nitrogen and oxygen atoms in total. The number of urea groups is 1. The zero-order valence-corrected chi connectivity index (χ0v) is 20.5. The Balaban J connectivity index is 1.37. The van der Waals surface area contributed by atoms with Crippen molar-refractivity contribution in [2.75, 3.05) is 16.4 Å². The van der Waals surface area contributed by atoms with E-state index in [1.165, 1.54) is 6.33 Å². The van der Waals surface area contributed by atoms with Crippen LogP contribution in [-0.4, -0.2) is 35.3 Å². The van der Waals surface area contributed by atoms with E-state index in [-0.39, 0.29) is 11.4 Å². The molecule has 0 saturated carbocycles. The molecule has 0 fully saturated rings. The van der Waals surface area contributed by atoms with Gasteiger partial charge in [-0.25, -0.2) is 24.4 Å². The van der Waals surface area contributed by atoms with Crippen LogP contribution in [0.3, 0.4) is 0 Å². The first kappa shape index (κ1) is 23.0. The smallest absolute Gasteiger partial charge is 0.324 e. The first-order chi connectivity index (χ1) is 17.2. The van der Waals surface area contributed by atoms with Crippen LogP contribution in [0.5, 0.6) is 0 Å². The number of nitrogens with one attached hydrogen (secondary N) is 2. The van der Waals surface area contributed by atoms with Crippen molar-refractivity contribution in [1.29, 1.82) is 0 Å². The van der Waals surface area contributed by atoms with Crippen molar-refractivity contribution in [3.05, 3.63) is 78.5 Å². The first-order valence-electron chi connectivity index (χ1n) is 11.5. The van der Waals surface area contributed by atoms with Crippen molar-refractivity contribution < 1.29 is 4.79 Å². The molecule has 2 amide bonds. The lowest BCUT2D eigenvalue weighted by Gasteiger charge is -2.14. The van der Waals surface area contributed by atoms with Gasteiger partial charge in [0.2, 0.25) is 0 Å². The number of benzene rings is 2. The Labute approximate surface area is 208 Å². The minimum Gasteiger partial charge on any atom is -0.382 e. The average molecular weight is 482 g/mol. The summed E-state index contributed by atoms with van der Waals surface area (Å²) < 4.78 is 3.63. The fourth-order valence-electron chi connectivity index (χ4n) is 3.90. The van der Waals surface area contributed by atoms with Crippen LogP contribution in [0.25, 0.3) is 22.5 Å². The predicted octanol–water partition coefficient (Wildman–Crippen LogP) is 4.83. The summed E-state index contributed by atoms with van der Waals surface area (Å²) in [5, 5.41) is 10.6. The van der Waals surface area contributed by atoms with Gasteiger partial charge < -0.3 is 11.1 Å². The SMILES string of the molecule is Cc1nc2c(N)ncnc2n1-c1ccc(NC(=O)Nc2cc(C(C)(C)C)nn2-c2ccccc2)cc1. The Hall–Kier alpha value is -4.73. The molecule has 182 valence electrons. The van der Waals surface area contributed by atoms with Gasteiger partial charge in [-0.15, -0.1) is 0 Å². The van der Waals surface area contributed by atoms with Crippen molar-refractivity contribution in [3.8, 4) is 11.4 Å². The highest BCUT2D eigenvalue weighted by molar-refractivity contribution is 5.99. The maximum atomic E-state index is 12.9. The molecule has 5 aromatic rings. The molecule has 5 rings (SSSR count). The molecule has 4 N–H and O–H groups in total. The lowest BCUT2D eigenvalue weighted by molar-refractivity contribution is 0.262. The quantitative estimate of drug-likeness (QED) is 0.337. The molecule has 0 aliphatic heterocycles. The predicted molar refractivity (Wildman–Crippen MR) is 141 cm³/mol. The molecule has 0 spiro atoms. The van der Waals surface area contributed by atoms with E-state index in [1.807, 2.05) is 72.2 Å². The Kier molecular flexibility index (Phi) is 5.63. The topological polar surface area (TPSA) is 129 Å². The van der Waals surface area contributed by atoms with Crippen LogP contribution in [0.2, 0.25) is 0 Å². The van der Waals surface area contributed by atoms with Gasteiger partial charge in [0.1, 0.15) is 18.0 Å². The summed E-state index contributed by atoms with van der Waals surface area (Å²) in [7, 11) is 0. The van der Waals surface area contributed by atoms with Crippen molar-refractivity contribution in [2.24, 2.45) is 0 Å². The monoisotopic (exact) mass is 481 g/mol. The van der Waals surface area contributed by atoms with Gasteiger partial charge in [0.15, 0.2) is 17.0 Å². The molecule has 0 saturated heterocycles. The number of nitrogens with two attached hydrogens (primary N) is 1. The maximum absolute atomic E-state index is 12.9. The van der Waals surface area contributed by atoms with Gasteiger partial charge in [0.05, 0.1) is 11.4 Å². The van der Waals surface area contributed by atoms with Gasteiger partial charge in [-0.1, -0.05) is 39.0 Å². The van der Waals surface area contributed by atoms with Crippen LogP contribution in [0.4, 0.5) is 22.1 Å². The van der Waals surface area contributed by atoms with E-state index in [0.29, 0.717) is 28.5 Å². The minimum atomic E-state index is -0.370. The summed E-state index contributed by atoms with van der Waals surface area (Å²) in [6, 6.07) is 18.6. The largest absolute Gasteiger partial charge is 0.382 e. The molecule has 0 atom stereocenters. The molecular formula is C26H27N9O. The highest BCUT2D eigenvalue weighted by Crippen LogP contribution is 2.27. The van der Waals surface area contributed by atoms with Crippen LogP contribution in [0.1, 0.15) is 32.3 Å². The van der Waals surface area contributed by atoms with Crippen molar-refractivity contribution in [3.63, 3.8) is 0 Å². The highest BCUT2D eigenvalue weighted by Gasteiger charge is 2.21. The van der Waals surface area contributed by atoms with E-state index < -0.39 is 0 Å². The fraction of sp³-hybridized carbons (Fsp3) is 0.192. The van der Waals surface area contributed by atoms with E-state index >= 15 is 0 Å². The van der Waals surface area contributed by atoms with Crippen LogP contribution >= 0.6 is 0 Å². The molecule has 0 aliphatic rings. The second-order valence-corrected chi connectivity index (χ2v) is 9.46. The molecule has 2 aromatic carbocycles. The lowest BCUT2D eigenvalue weighted by atomic mass is 9.92. The van der Waals surface area contributed by atoms with Gasteiger partial charge in [0.25, 0.3) is 0 Å². The van der Waals surface area contributed by atoms with Crippen LogP contribution < -0.4 is 16.4 Å². The Morgan fingerprint density at radius 1 is 0.944 bits per heavy atom. The fourth-order valence-corrected chi connectivity index (χ4v) is 3.90. The summed E-state index contributed by atoms with van der Waals surface area (Å²) in [5.74, 6) is 1.65. The molecule has 10 heteroatoms. The van der Waals surface area contributed by atoms with Gasteiger partial charge in [-0.3, -0.25) is 9.88 Å². The molecule has 0 bridgehead atoms. The van der Waals surface area contributed by atoms with Crippen LogP contribution in [-0.2, 0) is 5.41 Å². The minimum absolute atomic E-state index is 0.173. The molecular weight excluding hydrogens is 454 g/mol. The number of nitrogens with zero attached hydrogens (tertiary/aromatic N) is 6. The lowest BCUT2D eigenvalue weighted by Crippen LogP contribution is -2.21. The number of aryl methyl sites for hydroxylation is 1. The zero-order valence-electron chi connectivity index (χ0n) is 20.5. The summed E-state index contributed by atoms with van der Waals surface area (Å²) in [4.78, 5) is 25.7. The Morgan fingerprint density at radius 2 is 1.67 bits per heavy atom. The second-order valence-electron chi connectivity index (χ2n) is 9.46. The molecule has 3 heterocycles. The number of hydrogen-bond acceptors (Lipinski definition) is 6. The summed E-state index contributed by atoms with van der Waals surface area (Å²) >= 11 is 0. The van der Waals surface area contributed by atoms with Gasteiger partial charge in [-0.05, 0) is 43.3 Å². The number of carbonyl (C=O) groups is 1. The normalized spacial score (nSPS) is 11.6. The van der Waals surface area contributed by atoms with Crippen molar-refractivity contribution in [2.45, 2.75) is 33.1 Å². The second kappa shape index (κ2) is 8.81. The van der Waals surface area contributed by atoms with Crippen LogP contribution in [0.15, 0.2) is 67.0 Å². The number of amides is 2. The standard InChI is InChI=1S/C26H27N9O/c1-16-30-22-23(27)28-15-29-24(22)34(16)18-12-10-17(11-13-18)31-25(36)32-21-14-20(26(2,3)4)33-35(21)19-8-6-5-7-9-19/h5-15H,1-4H3,(H2,27,28,29)(H2,31,32,36). The zero-order chi connectivity index (χ0) is 25.4. The molecule has 3 aromatic heterocycles. The van der Waals surface area contributed by atoms with E-state index in [9.17, 15) is 4.79 Å². The number of carbonyl (C=O) groups excluding carboxylic acids is 1.